The summed E-state index contributed by atoms with van der Waals surface area (Å²) in [5.41, 5.74) is 2.23. The van der Waals surface area contributed by atoms with Crippen LogP contribution in [0.3, 0.4) is 0 Å². The molecule has 0 saturated carbocycles. The van der Waals surface area contributed by atoms with E-state index < -0.39 is 17.9 Å². The van der Waals surface area contributed by atoms with Gasteiger partial charge in [-0.05, 0) is 36.8 Å². The molecule has 0 bridgehead atoms. The second kappa shape index (κ2) is 10.7. The molecule has 37 heavy (non-hydrogen) atoms. The second-order valence-corrected chi connectivity index (χ2v) is 8.81. The molecule has 0 spiro atoms. The molecule has 2 N–H and O–H groups in total. The van der Waals surface area contributed by atoms with Gasteiger partial charge in [0, 0.05) is 21.8 Å². The van der Waals surface area contributed by atoms with E-state index in [-0.39, 0.29) is 28.4 Å². The molecular weight excluding hydrogens is 492 g/mol. The van der Waals surface area contributed by atoms with Crippen molar-refractivity contribution in [3.05, 3.63) is 117 Å². The molecule has 1 aliphatic rings. The number of esters is 2. The number of methoxy groups -OCH3 is 2. The first-order chi connectivity index (χ1) is 17.8. The molecule has 4 rings (SSSR count). The first-order valence-electron chi connectivity index (χ1n) is 11.4. The van der Waals surface area contributed by atoms with Crippen LogP contribution in [0.15, 0.2) is 95.7 Å². The molecule has 8 heteroatoms. The van der Waals surface area contributed by atoms with Crippen LogP contribution in [0.5, 0.6) is 0 Å². The van der Waals surface area contributed by atoms with Crippen molar-refractivity contribution < 1.29 is 24.2 Å². The van der Waals surface area contributed by atoms with Crippen molar-refractivity contribution in [2.45, 2.75) is 12.8 Å². The van der Waals surface area contributed by atoms with Gasteiger partial charge in [0.05, 0.1) is 25.7 Å². The first kappa shape index (κ1) is 25.7. The summed E-state index contributed by atoms with van der Waals surface area (Å²) in [6, 6.07) is 22.4. The summed E-state index contributed by atoms with van der Waals surface area (Å²) in [5, 5.41) is 21.3. The van der Waals surface area contributed by atoms with Gasteiger partial charge in [0.1, 0.15) is 17.3 Å². The number of amidine groups is 1. The molecule has 7 nitrogen and oxygen atoms in total. The number of aryl methyl sites for hydroxylation is 1. The number of ether oxygens (including phenoxy) is 2. The Kier molecular flexibility index (Phi) is 7.45. The molecule has 0 aliphatic carbocycles. The zero-order valence-electron chi connectivity index (χ0n) is 20.5. The van der Waals surface area contributed by atoms with Crippen molar-refractivity contribution in [3.8, 4) is 0 Å². The standard InChI is InChI=1S/C29H25ClN2O5/c1-17-9-15-21(16-10-17)32-25(29(35)37-3)23(28(34)36-2)22(18-11-13-20(30)14-12-18)24(27(32)31)26(33)19-7-5-4-6-8-19/h4-16,22,31,33H,1-3H3/b26-24+,31-27?. The zero-order chi connectivity index (χ0) is 26.7. The molecule has 0 radical (unpaired) electrons. The number of rotatable bonds is 5. The lowest BCUT2D eigenvalue weighted by Gasteiger charge is -2.38. The maximum absolute atomic E-state index is 13.4. The predicted molar refractivity (Wildman–Crippen MR) is 143 cm³/mol. The zero-order valence-corrected chi connectivity index (χ0v) is 21.2. The van der Waals surface area contributed by atoms with Crippen molar-refractivity contribution in [2.75, 3.05) is 19.1 Å². The topological polar surface area (TPSA) is 99.9 Å². The lowest BCUT2D eigenvalue weighted by molar-refractivity contribution is -0.139. The molecule has 1 heterocycles. The molecule has 0 amide bonds. The van der Waals surface area contributed by atoms with Gasteiger partial charge in [-0.15, -0.1) is 0 Å². The van der Waals surface area contributed by atoms with Crippen LogP contribution < -0.4 is 4.90 Å². The average Bonchev–Trinajstić information content (AvgIpc) is 2.92. The van der Waals surface area contributed by atoms with Crippen molar-refractivity contribution >= 4 is 40.8 Å². The maximum atomic E-state index is 13.4. The van der Waals surface area contributed by atoms with Gasteiger partial charge in [0.25, 0.3) is 0 Å². The van der Waals surface area contributed by atoms with Crippen LogP contribution in [0.1, 0.15) is 22.6 Å². The highest BCUT2D eigenvalue weighted by Gasteiger charge is 2.45. The Morgan fingerprint density at radius 2 is 1.49 bits per heavy atom. The summed E-state index contributed by atoms with van der Waals surface area (Å²) in [6.07, 6.45) is 0. The van der Waals surface area contributed by atoms with Gasteiger partial charge in [-0.25, -0.2) is 9.59 Å². The fraction of sp³-hybridized carbons (Fsp3) is 0.138. The number of anilines is 1. The number of benzene rings is 3. The van der Waals surface area contributed by atoms with Gasteiger partial charge < -0.3 is 14.6 Å². The van der Waals surface area contributed by atoms with E-state index in [0.29, 0.717) is 21.8 Å². The highest BCUT2D eigenvalue weighted by Crippen LogP contribution is 2.45. The average molecular weight is 517 g/mol. The Labute approximate surface area is 219 Å². The van der Waals surface area contributed by atoms with E-state index in [1.165, 1.54) is 19.1 Å². The third-order valence-electron chi connectivity index (χ3n) is 6.12. The summed E-state index contributed by atoms with van der Waals surface area (Å²) in [7, 11) is 2.41. The number of aliphatic hydroxyl groups is 1. The third-order valence-corrected chi connectivity index (χ3v) is 6.37. The van der Waals surface area contributed by atoms with Gasteiger partial charge in [0.2, 0.25) is 0 Å². The molecule has 3 aromatic rings. The van der Waals surface area contributed by atoms with E-state index in [4.69, 9.17) is 21.1 Å². The van der Waals surface area contributed by atoms with Crippen molar-refractivity contribution in [2.24, 2.45) is 0 Å². The van der Waals surface area contributed by atoms with Gasteiger partial charge in [-0.3, -0.25) is 10.3 Å². The van der Waals surface area contributed by atoms with Crippen molar-refractivity contribution in [3.63, 3.8) is 0 Å². The summed E-state index contributed by atoms with van der Waals surface area (Å²) >= 11 is 6.13. The van der Waals surface area contributed by atoms with E-state index in [1.807, 2.05) is 19.1 Å². The Bertz CT molecular complexity index is 1410. The maximum Gasteiger partial charge on any atom is 0.355 e. The fourth-order valence-electron chi connectivity index (χ4n) is 4.33. The molecule has 0 aromatic heterocycles. The fourth-order valence-corrected chi connectivity index (χ4v) is 4.46. The molecule has 3 aromatic carbocycles. The van der Waals surface area contributed by atoms with Crippen LogP contribution >= 0.6 is 11.6 Å². The van der Waals surface area contributed by atoms with Crippen LogP contribution in [0, 0.1) is 12.3 Å². The SMILES string of the molecule is COC(=O)C1=C(C(=O)OC)N(c2ccc(C)cc2)C(=N)/C(=C(/O)c2ccccc2)C1c1ccc(Cl)cc1. The molecule has 1 aliphatic heterocycles. The van der Waals surface area contributed by atoms with E-state index >= 15 is 0 Å². The second-order valence-electron chi connectivity index (χ2n) is 8.38. The number of aliphatic hydroxyl groups excluding tert-OH is 1. The van der Waals surface area contributed by atoms with Crippen LogP contribution in [-0.2, 0) is 19.1 Å². The lowest BCUT2D eigenvalue weighted by atomic mass is 9.78. The number of hydrogen-bond acceptors (Lipinski definition) is 6. The van der Waals surface area contributed by atoms with Gasteiger partial charge in [0.15, 0.2) is 0 Å². The van der Waals surface area contributed by atoms with Crippen LogP contribution in [-0.4, -0.2) is 37.1 Å². The van der Waals surface area contributed by atoms with Gasteiger partial charge >= 0.3 is 11.9 Å². The Balaban J connectivity index is 2.15. The summed E-state index contributed by atoms with van der Waals surface area (Å²) in [4.78, 5) is 27.9. The monoisotopic (exact) mass is 516 g/mol. The van der Waals surface area contributed by atoms with E-state index in [9.17, 15) is 20.1 Å². The number of halogens is 1. The number of hydrogen-bond donors (Lipinski definition) is 2. The molecule has 0 fully saturated rings. The van der Waals surface area contributed by atoms with Crippen LogP contribution in [0.4, 0.5) is 5.69 Å². The number of carbonyl (C=O) groups excluding carboxylic acids is 2. The molecule has 1 unspecified atom stereocenters. The predicted octanol–water partition coefficient (Wildman–Crippen LogP) is 5.80. The molecule has 188 valence electrons. The normalized spacial score (nSPS) is 16.9. The summed E-state index contributed by atoms with van der Waals surface area (Å²) in [5.74, 6) is -3.08. The first-order valence-corrected chi connectivity index (χ1v) is 11.8. The number of carbonyl (C=O) groups is 2. The number of nitrogens with one attached hydrogen (secondary N) is 1. The Hall–Kier alpha value is -4.36. The minimum absolute atomic E-state index is 0.0780. The molecule has 0 saturated heterocycles. The molecule has 1 atom stereocenters. The quantitative estimate of drug-likeness (QED) is 0.328. The highest BCUT2D eigenvalue weighted by atomic mass is 35.5. The minimum atomic E-state index is -1.03. The third kappa shape index (κ3) is 4.86. The smallest absolute Gasteiger partial charge is 0.355 e. The Morgan fingerprint density at radius 3 is 2.05 bits per heavy atom. The Morgan fingerprint density at radius 1 is 0.892 bits per heavy atom. The summed E-state index contributed by atoms with van der Waals surface area (Å²) < 4.78 is 10.2. The van der Waals surface area contributed by atoms with E-state index in [1.54, 1.807) is 66.7 Å². The van der Waals surface area contributed by atoms with Gasteiger partial charge in [-0.1, -0.05) is 71.8 Å². The highest BCUT2D eigenvalue weighted by molar-refractivity contribution is 6.30. The lowest BCUT2D eigenvalue weighted by Crippen LogP contribution is -2.44. The minimum Gasteiger partial charge on any atom is -0.507 e. The van der Waals surface area contributed by atoms with Crippen molar-refractivity contribution in [1.29, 1.82) is 5.41 Å². The van der Waals surface area contributed by atoms with Crippen LogP contribution in [0.25, 0.3) is 5.76 Å². The van der Waals surface area contributed by atoms with Crippen molar-refractivity contribution in [1.82, 2.24) is 0 Å². The largest absolute Gasteiger partial charge is 0.507 e. The van der Waals surface area contributed by atoms with E-state index in [0.717, 1.165) is 5.56 Å². The van der Waals surface area contributed by atoms with Gasteiger partial charge in [-0.2, -0.15) is 0 Å². The van der Waals surface area contributed by atoms with E-state index in [2.05, 4.69) is 0 Å². The summed E-state index contributed by atoms with van der Waals surface area (Å²) in [6.45, 7) is 1.91. The molecular formula is C29H25ClN2O5. The number of nitrogens with zero attached hydrogens (tertiary/aromatic N) is 1. The van der Waals surface area contributed by atoms with Crippen LogP contribution in [0.2, 0.25) is 5.02 Å².